The summed E-state index contributed by atoms with van der Waals surface area (Å²) in [5.74, 6) is -0.00902. The molecule has 3 rings (SSSR count). The van der Waals surface area contributed by atoms with Crippen molar-refractivity contribution in [3.8, 4) is 5.88 Å². The summed E-state index contributed by atoms with van der Waals surface area (Å²) in [5, 5.41) is 0. The average Bonchev–Trinajstić information content (AvgIpc) is 3.10. The maximum atomic E-state index is 14.0. The van der Waals surface area contributed by atoms with Gasteiger partial charge in [-0.3, -0.25) is 0 Å². The first kappa shape index (κ1) is 13.8. The zero-order valence-electron chi connectivity index (χ0n) is 12.3. The van der Waals surface area contributed by atoms with Crippen molar-refractivity contribution < 1.29 is 18.4 Å². The van der Waals surface area contributed by atoms with Gasteiger partial charge in [0.1, 0.15) is 11.9 Å². The lowest BCUT2D eigenvalue weighted by Crippen LogP contribution is -2.41. The molecule has 0 radical (unpaired) electrons. The predicted octanol–water partition coefficient (Wildman–Crippen LogP) is 2.06. The number of pyridine rings is 1. The van der Waals surface area contributed by atoms with Crippen molar-refractivity contribution in [3.63, 3.8) is 0 Å². The van der Waals surface area contributed by atoms with Crippen LogP contribution in [0, 0.1) is 5.82 Å². The molecule has 0 N–H and O–H groups in total. The maximum absolute atomic E-state index is 14.0. The van der Waals surface area contributed by atoms with E-state index in [1.807, 2.05) is 27.7 Å². The van der Waals surface area contributed by atoms with E-state index in [1.54, 1.807) is 6.07 Å². The summed E-state index contributed by atoms with van der Waals surface area (Å²) in [4.78, 5) is 3.95. The van der Waals surface area contributed by atoms with Crippen LogP contribution in [0.3, 0.4) is 0 Å². The summed E-state index contributed by atoms with van der Waals surface area (Å²) < 4.78 is 31.3. The van der Waals surface area contributed by atoms with Crippen LogP contribution in [0.5, 0.6) is 5.88 Å². The van der Waals surface area contributed by atoms with E-state index in [1.165, 1.54) is 0 Å². The first-order valence-corrected chi connectivity index (χ1v) is 6.96. The summed E-state index contributed by atoms with van der Waals surface area (Å²) in [7, 11) is -0.732. The number of aromatic nitrogens is 1. The monoisotopic (exact) mass is 279 g/mol. The number of halogens is 1. The van der Waals surface area contributed by atoms with Crippen molar-refractivity contribution in [2.45, 2.75) is 57.8 Å². The second kappa shape index (κ2) is 4.43. The van der Waals surface area contributed by atoms with Gasteiger partial charge in [0.25, 0.3) is 0 Å². The van der Waals surface area contributed by atoms with E-state index >= 15 is 0 Å². The molecular weight excluding hydrogens is 260 g/mol. The molecule has 2 heterocycles. The highest BCUT2D eigenvalue weighted by molar-refractivity contribution is 6.62. The van der Waals surface area contributed by atoms with Gasteiger partial charge in [0, 0.05) is 11.5 Å². The summed E-state index contributed by atoms with van der Waals surface area (Å²) in [5.41, 5.74) is -0.648. The largest absolute Gasteiger partial charge is 0.498 e. The van der Waals surface area contributed by atoms with Gasteiger partial charge in [-0.15, -0.1) is 0 Å². The Morgan fingerprint density at radius 3 is 2.40 bits per heavy atom. The van der Waals surface area contributed by atoms with Crippen LogP contribution in [0.2, 0.25) is 0 Å². The van der Waals surface area contributed by atoms with Crippen LogP contribution in [0.1, 0.15) is 40.5 Å². The standard InChI is InChI=1S/C14H19BFNO3/c1-13(2)14(3,4)20-15(19-13)10-7-12(17-8-11(10)16)18-9-5-6-9/h7-9H,5-6H2,1-4H3. The smallest absolute Gasteiger partial charge is 0.474 e. The fourth-order valence-corrected chi connectivity index (χ4v) is 2.01. The topological polar surface area (TPSA) is 40.6 Å². The first-order chi connectivity index (χ1) is 9.28. The lowest BCUT2D eigenvalue weighted by molar-refractivity contribution is 0.00578. The van der Waals surface area contributed by atoms with Crippen LogP contribution in [-0.4, -0.2) is 29.4 Å². The normalized spacial score (nSPS) is 23.9. The zero-order valence-corrected chi connectivity index (χ0v) is 12.3. The van der Waals surface area contributed by atoms with E-state index < -0.39 is 24.1 Å². The van der Waals surface area contributed by atoms with Gasteiger partial charge in [-0.1, -0.05) is 0 Å². The van der Waals surface area contributed by atoms with Gasteiger partial charge in [-0.25, -0.2) is 9.37 Å². The highest BCUT2D eigenvalue weighted by Crippen LogP contribution is 2.36. The Morgan fingerprint density at radius 2 is 1.85 bits per heavy atom. The van der Waals surface area contributed by atoms with Gasteiger partial charge in [-0.05, 0) is 40.5 Å². The third-order valence-corrected chi connectivity index (χ3v) is 4.18. The van der Waals surface area contributed by atoms with E-state index in [-0.39, 0.29) is 6.10 Å². The van der Waals surface area contributed by atoms with Crippen molar-refractivity contribution in [3.05, 3.63) is 18.1 Å². The molecule has 108 valence electrons. The van der Waals surface area contributed by atoms with Crippen LogP contribution in [0.15, 0.2) is 12.3 Å². The minimum absolute atomic E-state index is 0.221. The third kappa shape index (κ3) is 2.42. The fourth-order valence-electron chi connectivity index (χ4n) is 2.01. The molecule has 6 heteroatoms. The molecule has 0 atom stereocenters. The van der Waals surface area contributed by atoms with Crippen LogP contribution >= 0.6 is 0 Å². The van der Waals surface area contributed by atoms with Crippen LogP contribution in [-0.2, 0) is 9.31 Å². The van der Waals surface area contributed by atoms with E-state index in [2.05, 4.69) is 4.98 Å². The third-order valence-electron chi connectivity index (χ3n) is 4.18. The lowest BCUT2D eigenvalue weighted by Gasteiger charge is -2.32. The van der Waals surface area contributed by atoms with Crippen LogP contribution < -0.4 is 10.2 Å². The molecule has 1 aromatic heterocycles. The minimum Gasteiger partial charge on any atom is -0.474 e. The highest BCUT2D eigenvalue weighted by atomic mass is 19.1. The molecule has 0 spiro atoms. The van der Waals surface area contributed by atoms with E-state index in [9.17, 15) is 4.39 Å². The fraction of sp³-hybridized carbons (Fsp3) is 0.643. The number of rotatable bonds is 3. The van der Waals surface area contributed by atoms with E-state index in [0.717, 1.165) is 19.0 Å². The minimum atomic E-state index is -0.732. The van der Waals surface area contributed by atoms with Crippen LogP contribution in [0.4, 0.5) is 4.39 Å². The number of nitrogens with zero attached hydrogens (tertiary/aromatic N) is 1. The molecule has 1 aliphatic carbocycles. The van der Waals surface area contributed by atoms with Gasteiger partial charge in [-0.2, -0.15) is 0 Å². The second-order valence-electron chi connectivity index (χ2n) is 6.45. The van der Waals surface area contributed by atoms with Crippen molar-refractivity contribution in [2.75, 3.05) is 0 Å². The average molecular weight is 279 g/mol. The molecule has 1 aliphatic heterocycles. The number of hydrogen-bond donors (Lipinski definition) is 0. The Morgan fingerprint density at radius 1 is 1.25 bits per heavy atom. The van der Waals surface area contributed by atoms with Crippen molar-refractivity contribution in [2.24, 2.45) is 0 Å². The quantitative estimate of drug-likeness (QED) is 0.794. The summed E-state index contributed by atoms with van der Waals surface area (Å²) in [6, 6.07) is 1.58. The Balaban J connectivity index is 1.86. The van der Waals surface area contributed by atoms with Gasteiger partial charge < -0.3 is 14.0 Å². The molecule has 2 fully saturated rings. The van der Waals surface area contributed by atoms with Crippen LogP contribution in [0.25, 0.3) is 0 Å². The van der Waals surface area contributed by atoms with Gasteiger partial charge in [0.15, 0.2) is 0 Å². The Kier molecular flexibility index (Phi) is 3.06. The molecule has 20 heavy (non-hydrogen) atoms. The predicted molar refractivity (Wildman–Crippen MR) is 73.6 cm³/mol. The van der Waals surface area contributed by atoms with Gasteiger partial charge in [0.2, 0.25) is 5.88 Å². The molecule has 4 nitrogen and oxygen atoms in total. The molecule has 1 saturated carbocycles. The number of ether oxygens (including phenoxy) is 1. The molecular formula is C14H19BFNO3. The van der Waals surface area contributed by atoms with Crippen molar-refractivity contribution in [1.29, 1.82) is 0 Å². The highest BCUT2D eigenvalue weighted by Gasteiger charge is 2.52. The molecule has 1 aromatic rings. The zero-order chi connectivity index (χ0) is 14.5. The first-order valence-electron chi connectivity index (χ1n) is 6.96. The van der Waals surface area contributed by atoms with E-state index in [4.69, 9.17) is 14.0 Å². The lowest BCUT2D eigenvalue weighted by atomic mass is 9.79. The molecule has 0 aromatic carbocycles. The summed E-state index contributed by atoms with van der Waals surface area (Å²) >= 11 is 0. The number of hydrogen-bond acceptors (Lipinski definition) is 4. The van der Waals surface area contributed by atoms with Crippen molar-refractivity contribution >= 4 is 12.6 Å². The molecule has 1 saturated heterocycles. The SMILES string of the molecule is CC1(C)OB(c2cc(OC3CC3)ncc2F)OC1(C)C. The van der Waals surface area contributed by atoms with E-state index in [0.29, 0.717) is 11.3 Å². The summed E-state index contributed by atoms with van der Waals surface area (Å²) in [6.45, 7) is 7.75. The Hall–Kier alpha value is -1.14. The second-order valence-corrected chi connectivity index (χ2v) is 6.45. The van der Waals surface area contributed by atoms with Gasteiger partial charge in [0.05, 0.1) is 17.4 Å². The molecule has 0 bridgehead atoms. The molecule has 0 amide bonds. The molecule has 0 unspecified atom stereocenters. The Bertz CT molecular complexity index is 515. The van der Waals surface area contributed by atoms with Crippen molar-refractivity contribution in [1.82, 2.24) is 4.98 Å². The van der Waals surface area contributed by atoms with Gasteiger partial charge >= 0.3 is 7.12 Å². The Labute approximate surface area is 118 Å². The molecule has 2 aliphatic rings. The summed E-state index contributed by atoms with van der Waals surface area (Å²) in [6.07, 6.45) is 3.45. The maximum Gasteiger partial charge on any atom is 0.498 e.